The van der Waals surface area contributed by atoms with Crippen molar-refractivity contribution in [2.45, 2.75) is 38.1 Å². The summed E-state index contributed by atoms with van der Waals surface area (Å²) in [5, 5.41) is 2.68. The third-order valence-electron chi connectivity index (χ3n) is 3.26. The molecule has 0 aromatic rings. The smallest absolute Gasteiger partial charge is 0.317 e. The minimum atomic E-state index is -0.0746. The molecule has 1 aliphatic rings. The van der Waals surface area contributed by atoms with Crippen molar-refractivity contribution in [1.82, 2.24) is 10.2 Å². The van der Waals surface area contributed by atoms with Crippen LogP contribution in [0.25, 0.3) is 0 Å². The van der Waals surface area contributed by atoms with Crippen LogP contribution in [-0.2, 0) is 0 Å². The molecule has 1 rings (SSSR count). The number of carbonyl (C=O) groups is 1. The molecule has 4 heteroatoms. The average molecular weight is 199 g/mol. The van der Waals surface area contributed by atoms with Gasteiger partial charge >= 0.3 is 6.03 Å². The van der Waals surface area contributed by atoms with Crippen LogP contribution in [0.2, 0.25) is 0 Å². The zero-order valence-electron chi connectivity index (χ0n) is 9.18. The topological polar surface area (TPSA) is 58.4 Å². The number of amides is 2. The highest BCUT2D eigenvalue weighted by Gasteiger charge is 2.39. The molecule has 0 heterocycles. The summed E-state index contributed by atoms with van der Waals surface area (Å²) in [6.45, 7) is 3.32. The molecular weight excluding hydrogens is 178 g/mol. The van der Waals surface area contributed by atoms with E-state index in [9.17, 15) is 4.79 Å². The Labute approximate surface area is 85.8 Å². The maximum atomic E-state index is 11.7. The van der Waals surface area contributed by atoms with Crippen molar-refractivity contribution in [2.24, 2.45) is 5.73 Å². The Morgan fingerprint density at radius 1 is 1.50 bits per heavy atom. The van der Waals surface area contributed by atoms with Gasteiger partial charge in [-0.05, 0) is 19.8 Å². The van der Waals surface area contributed by atoms with E-state index in [-0.39, 0.29) is 11.6 Å². The van der Waals surface area contributed by atoms with E-state index in [4.69, 9.17) is 5.73 Å². The lowest BCUT2D eigenvalue weighted by molar-refractivity contribution is 0.126. The number of hydrogen-bond acceptors (Lipinski definition) is 2. The Kier molecular flexibility index (Phi) is 3.75. The number of carbonyl (C=O) groups excluding carboxylic acids is 1. The number of nitrogens with two attached hydrogens (primary N) is 1. The number of hydrogen-bond donors (Lipinski definition) is 2. The first-order chi connectivity index (χ1) is 6.70. The summed E-state index contributed by atoms with van der Waals surface area (Å²) < 4.78 is 0. The quantitative estimate of drug-likeness (QED) is 0.710. The number of likely N-dealkylation sites (N-methyl/N-ethyl adjacent to an activating group) is 1. The highest BCUT2D eigenvalue weighted by atomic mass is 16.2. The Morgan fingerprint density at radius 3 is 2.43 bits per heavy atom. The zero-order valence-corrected chi connectivity index (χ0v) is 9.18. The Balaban J connectivity index is 2.78. The van der Waals surface area contributed by atoms with E-state index < -0.39 is 0 Å². The number of nitrogens with zero attached hydrogens (tertiary/aromatic N) is 1. The molecule has 2 amide bonds. The van der Waals surface area contributed by atoms with Crippen LogP contribution in [0.5, 0.6) is 0 Å². The van der Waals surface area contributed by atoms with Crippen LogP contribution >= 0.6 is 0 Å². The normalized spacial score (nSPS) is 19.4. The van der Waals surface area contributed by atoms with Crippen LogP contribution in [-0.4, -0.2) is 36.6 Å². The number of nitrogens with one attached hydrogen (secondary N) is 1. The second-order valence-electron chi connectivity index (χ2n) is 3.93. The summed E-state index contributed by atoms with van der Waals surface area (Å²) in [5.41, 5.74) is 5.74. The molecule has 0 unspecified atom stereocenters. The van der Waals surface area contributed by atoms with Gasteiger partial charge in [-0.25, -0.2) is 4.79 Å². The van der Waals surface area contributed by atoms with E-state index in [1.807, 2.05) is 11.8 Å². The second-order valence-corrected chi connectivity index (χ2v) is 3.93. The van der Waals surface area contributed by atoms with Crippen LogP contribution in [0.3, 0.4) is 0 Å². The third-order valence-corrected chi connectivity index (χ3v) is 3.26. The lowest BCUT2D eigenvalue weighted by Gasteiger charge is -2.39. The summed E-state index contributed by atoms with van der Waals surface area (Å²) in [6.07, 6.45) is 4.46. The van der Waals surface area contributed by atoms with Crippen LogP contribution in [0.1, 0.15) is 32.6 Å². The second kappa shape index (κ2) is 4.64. The van der Waals surface area contributed by atoms with Crippen molar-refractivity contribution < 1.29 is 4.79 Å². The maximum absolute atomic E-state index is 11.7. The van der Waals surface area contributed by atoms with E-state index in [0.717, 1.165) is 19.4 Å². The van der Waals surface area contributed by atoms with Crippen molar-refractivity contribution in [1.29, 1.82) is 0 Å². The monoisotopic (exact) mass is 199 g/mol. The molecule has 0 bridgehead atoms. The highest BCUT2D eigenvalue weighted by molar-refractivity contribution is 5.74. The first-order valence-electron chi connectivity index (χ1n) is 5.39. The van der Waals surface area contributed by atoms with E-state index in [1.165, 1.54) is 12.8 Å². The maximum Gasteiger partial charge on any atom is 0.317 e. The summed E-state index contributed by atoms with van der Waals surface area (Å²) >= 11 is 0. The van der Waals surface area contributed by atoms with Gasteiger partial charge < -0.3 is 16.0 Å². The first kappa shape index (κ1) is 11.3. The standard InChI is InChI=1S/C10H21N3O/c1-3-13(9(14)12-2)10(8-11)6-4-5-7-10/h3-8,11H2,1-2H3,(H,12,14). The van der Waals surface area contributed by atoms with Gasteiger partial charge in [0.05, 0.1) is 5.54 Å². The number of rotatable bonds is 3. The van der Waals surface area contributed by atoms with Crippen LogP contribution in [0.4, 0.5) is 4.79 Å². The number of urea groups is 1. The van der Waals surface area contributed by atoms with E-state index in [1.54, 1.807) is 7.05 Å². The Morgan fingerprint density at radius 2 is 2.07 bits per heavy atom. The fraction of sp³-hybridized carbons (Fsp3) is 0.900. The molecule has 0 aliphatic heterocycles. The van der Waals surface area contributed by atoms with Crippen LogP contribution < -0.4 is 11.1 Å². The fourth-order valence-corrected chi connectivity index (χ4v) is 2.45. The molecule has 1 aliphatic carbocycles. The lowest BCUT2D eigenvalue weighted by Crippen LogP contribution is -2.56. The predicted molar refractivity (Wildman–Crippen MR) is 57.1 cm³/mol. The summed E-state index contributed by atoms with van der Waals surface area (Å²) in [4.78, 5) is 13.5. The van der Waals surface area contributed by atoms with Gasteiger partial charge in [0, 0.05) is 20.1 Å². The van der Waals surface area contributed by atoms with Crippen molar-refractivity contribution >= 4 is 6.03 Å². The highest BCUT2D eigenvalue weighted by Crippen LogP contribution is 2.34. The minimum absolute atomic E-state index is 0.000139. The van der Waals surface area contributed by atoms with Gasteiger partial charge in [0.25, 0.3) is 0 Å². The zero-order chi connectivity index (χ0) is 10.6. The third kappa shape index (κ3) is 1.85. The molecule has 1 fully saturated rings. The SMILES string of the molecule is CCN(C(=O)NC)C1(CN)CCCC1. The van der Waals surface area contributed by atoms with Crippen molar-refractivity contribution in [3.8, 4) is 0 Å². The van der Waals surface area contributed by atoms with Gasteiger partial charge in [0.1, 0.15) is 0 Å². The summed E-state index contributed by atoms with van der Waals surface area (Å²) in [5.74, 6) is 0. The van der Waals surface area contributed by atoms with Gasteiger partial charge in [-0.2, -0.15) is 0 Å². The Hall–Kier alpha value is -0.770. The molecule has 4 nitrogen and oxygen atoms in total. The van der Waals surface area contributed by atoms with Crippen molar-refractivity contribution in [3.63, 3.8) is 0 Å². The largest absolute Gasteiger partial charge is 0.341 e. The van der Waals surface area contributed by atoms with Crippen LogP contribution in [0.15, 0.2) is 0 Å². The first-order valence-corrected chi connectivity index (χ1v) is 5.39. The van der Waals surface area contributed by atoms with Gasteiger partial charge in [-0.1, -0.05) is 12.8 Å². The molecular formula is C10H21N3O. The lowest BCUT2D eigenvalue weighted by atomic mass is 9.95. The molecule has 0 atom stereocenters. The molecule has 0 saturated heterocycles. The van der Waals surface area contributed by atoms with E-state index >= 15 is 0 Å². The molecule has 14 heavy (non-hydrogen) atoms. The minimum Gasteiger partial charge on any atom is -0.341 e. The van der Waals surface area contributed by atoms with Gasteiger partial charge in [0.2, 0.25) is 0 Å². The molecule has 0 spiro atoms. The molecule has 0 radical (unpaired) electrons. The van der Waals surface area contributed by atoms with E-state index in [2.05, 4.69) is 5.32 Å². The van der Waals surface area contributed by atoms with Crippen LogP contribution in [0, 0.1) is 0 Å². The molecule has 0 aromatic carbocycles. The Bertz CT molecular complexity index is 200. The molecule has 82 valence electrons. The van der Waals surface area contributed by atoms with Gasteiger partial charge in [0.15, 0.2) is 0 Å². The predicted octanol–water partition coefficient (Wildman–Crippen LogP) is 0.919. The average Bonchev–Trinajstić information content (AvgIpc) is 2.68. The van der Waals surface area contributed by atoms with Crippen molar-refractivity contribution in [3.05, 3.63) is 0 Å². The van der Waals surface area contributed by atoms with Gasteiger partial charge in [-0.3, -0.25) is 0 Å². The van der Waals surface area contributed by atoms with E-state index in [0.29, 0.717) is 6.54 Å². The van der Waals surface area contributed by atoms with Gasteiger partial charge in [-0.15, -0.1) is 0 Å². The van der Waals surface area contributed by atoms with Crippen molar-refractivity contribution in [2.75, 3.05) is 20.1 Å². The molecule has 3 N–H and O–H groups in total. The summed E-state index contributed by atoms with van der Waals surface area (Å²) in [6, 6.07) is -0.000139. The summed E-state index contributed by atoms with van der Waals surface area (Å²) in [7, 11) is 1.67. The molecule has 1 saturated carbocycles. The fourth-order valence-electron chi connectivity index (χ4n) is 2.45. The molecule has 0 aromatic heterocycles.